The van der Waals surface area contributed by atoms with E-state index in [0.717, 1.165) is 16.1 Å². The third-order valence-electron chi connectivity index (χ3n) is 3.93. The molecule has 0 bridgehead atoms. The number of ether oxygens (including phenoxy) is 2. The third-order valence-corrected chi connectivity index (χ3v) is 5.18. The molecule has 2 rings (SSSR count). The van der Waals surface area contributed by atoms with Crippen LogP contribution < -0.4 is 14.8 Å². The second-order valence-corrected chi connectivity index (χ2v) is 7.96. The third kappa shape index (κ3) is 6.58. The summed E-state index contributed by atoms with van der Waals surface area (Å²) in [5.41, 5.74) is 1.47. The van der Waals surface area contributed by atoms with Gasteiger partial charge in [0.1, 0.15) is 11.5 Å². The van der Waals surface area contributed by atoms with Crippen LogP contribution in [0, 0.1) is 0 Å². The quantitative estimate of drug-likeness (QED) is 0.707. The summed E-state index contributed by atoms with van der Waals surface area (Å²) < 4.78 is 35.6. The summed E-state index contributed by atoms with van der Waals surface area (Å²) in [4.78, 5) is 12.3. The van der Waals surface area contributed by atoms with E-state index in [4.69, 9.17) is 9.47 Å². The highest BCUT2D eigenvalue weighted by Gasteiger charge is 2.20. The van der Waals surface area contributed by atoms with Crippen molar-refractivity contribution in [3.8, 4) is 11.5 Å². The van der Waals surface area contributed by atoms with E-state index in [9.17, 15) is 13.2 Å². The van der Waals surface area contributed by atoms with Crippen LogP contribution in [0.1, 0.15) is 5.56 Å². The minimum atomic E-state index is -3.53. The van der Waals surface area contributed by atoms with Crippen LogP contribution in [0.15, 0.2) is 48.5 Å². The van der Waals surface area contributed by atoms with E-state index in [1.165, 1.54) is 7.11 Å². The highest BCUT2D eigenvalue weighted by molar-refractivity contribution is 7.88. The first kappa shape index (κ1) is 20.7. The van der Waals surface area contributed by atoms with Crippen LogP contribution in [0.4, 0.5) is 5.69 Å². The fraction of sp³-hybridized carbons (Fsp3) is 0.316. The summed E-state index contributed by atoms with van der Waals surface area (Å²) in [5, 5.41) is 2.69. The molecule has 0 spiro atoms. The van der Waals surface area contributed by atoms with Gasteiger partial charge in [0.2, 0.25) is 15.9 Å². The van der Waals surface area contributed by atoms with Crippen molar-refractivity contribution >= 4 is 21.6 Å². The Bertz CT molecular complexity index is 883. The number of benzene rings is 2. The standard InChI is InChI=1S/C19H24N2O5S/c1-25-17-8-4-6-15(12-17)10-11-21(27(3,23)24)14-19(22)20-16-7-5-9-18(13-16)26-2/h4-9,12-13H,10-11,14H2,1-3H3,(H,20,22). The van der Waals surface area contributed by atoms with E-state index in [-0.39, 0.29) is 13.1 Å². The van der Waals surface area contributed by atoms with Crippen LogP contribution in [0.3, 0.4) is 0 Å². The average Bonchev–Trinajstić information content (AvgIpc) is 2.64. The molecule has 0 saturated heterocycles. The molecule has 27 heavy (non-hydrogen) atoms. The second-order valence-electron chi connectivity index (χ2n) is 5.98. The molecule has 1 amide bonds. The first-order chi connectivity index (χ1) is 12.8. The molecule has 0 unspecified atom stereocenters. The topological polar surface area (TPSA) is 84.9 Å². The molecular weight excluding hydrogens is 368 g/mol. The number of carbonyl (C=O) groups is 1. The normalized spacial score (nSPS) is 11.3. The molecule has 0 heterocycles. The van der Waals surface area contributed by atoms with E-state index in [1.54, 1.807) is 31.4 Å². The van der Waals surface area contributed by atoms with Crippen LogP contribution in [-0.4, -0.2) is 52.2 Å². The van der Waals surface area contributed by atoms with Gasteiger partial charge in [-0.2, -0.15) is 4.31 Å². The van der Waals surface area contributed by atoms with Crippen molar-refractivity contribution in [2.45, 2.75) is 6.42 Å². The number of carbonyl (C=O) groups excluding carboxylic acids is 1. The van der Waals surface area contributed by atoms with E-state index in [2.05, 4.69) is 5.32 Å². The van der Waals surface area contributed by atoms with Crippen molar-refractivity contribution in [2.75, 3.05) is 38.9 Å². The molecule has 0 radical (unpaired) electrons. The Morgan fingerprint density at radius 1 is 1.04 bits per heavy atom. The van der Waals surface area contributed by atoms with Crippen molar-refractivity contribution in [2.24, 2.45) is 0 Å². The first-order valence-electron chi connectivity index (χ1n) is 8.34. The second kappa shape index (κ2) is 9.38. The average molecular weight is 392 g/mol. The van der Waals surface area contributed by atoms with Gasteiger partial charge >= 0.3 is 0 Å². The maximum Gasteiger partial charge on any atom is 0.239 e. The summed E-state index contributed by atoms with van der Waals surface area (Å²) in [5.74, 6) is 0.888. The largest absolute Gasteiger partial charge is 0.497 e. The zero-order valence-corrected chi connectivity index (χ0v) is 16.5. The Morgan fingerprint density at radius 3 is 2.30 bits per heavy atom. The van der Waals surface area contributed by atoms with Gasteiger partial charge in [-0.15, -0.1) is 0 Å². The number of nitrogens with zero attached hydrogens (tertiary/aromatic N) is 1. The number of rotatable bonds is 9. The van der Waals surface area contributed by atoms with Crippen molar-refractivity contribution < 1.29 is 22.7 Å². The predicted octanol–water partition coefficient (Wildman–Crippen LogP) is 2.15. The minimum absolute atomic E-state index is 0.192. The van der Waals surface area contributed by atoms with Gasteiger partial charge in [-0.25, -0.2) is 8.42 Å². The Morgan fingerprint density at radius 2 is 1.67 bits per heavy atom. The van der Waals surface area contributed by atoms with Gasteiger partial charge in [0.15, 0.2) is 0 Å². The van der Waals surface area contributed by atoms with Gasteiger partial charge in [-0.3, -0.25) is 4.79 Å². The number of nitrogens with one attached hydrogen (secondary N) is 1. The molecule has 1 N–H and O–H groups in total. The number of sulfonamides is 1. The van der Waals surface area contributed by atoms with E-state index in [0.29, 0.717) is 23.6 Å². The highest BCUT2D eigenvalue weighted by atomic mass is 32.2. The Kier molecular flexibility index (Phi) is 7.20. The predicted molar refractivity (Wildman–Crippen MR) is 105 cm³/mol. The molecule has 0 aliphatic rings. The molecule has 146 valence electrons. The highest BCUT2D eigenvalue weighted by Crippen LogP contribution is 2.17. The lowest BCUT2D eigenvalue weighted by atomic mass is 10.1. The molecule has 0 aromatic heterocycles. The first-order valence-corrected chi connectivity index (χ1v) is 10.2. The van der Waals surface area contributed by atoms with Crippen molar-refractivity contribution in [3.63, 3.8) is 0 Å². The Balaban J connectivity index is 2.02. The van der Waals surface area contributed by atoms with Gasteiger partial charge < -0.3 is 14.8 Å². The molecule has 0 aliphatic heterocycles. The van der Waals surface area contributed by atoms with Crippen molar-refractivity contribution in [3.05, 3.63) is 54.1 Å². The van der Waals surface area contributed by atoms with E-state index < -0.39 is 15.9 Å². The summed E-state index contributed by atoms with van der Waals surface area (Å²) in [6.45, 7) is -0.0719. The number of hydrogen-bond donors (Lipinski definition) is 1. The van der Waals surface area contributed by atoms with E-state index in [1.807, 2.05) is 24.3 Å². The summed E-state index contributed by atoms with van der Waals surface area (Å²) in [7, 11) is -0.427. The number of anilines is 1. The van der Waals surface area contributed by atoms with Crippen LogP contribution in [-0.2, 0) is 21.2 Å². The minimum Gasteiger partial charge on any atom is -0.497 e. The van der Waals surface area contributed by atoms with Gasteiger partial charge in [-0.05, 0) is 36.2 Å². The fourth-order valence-corrected chi connectivity index (χ4v) is 3.28. The lowest BCUT2D eigenvalue weighted by molar-refractivity contribution is -0.116. The molecule has 0 atom stereocenters. The van der Waals surface area contributed by atoms with Crippen LogP contribution >= 0.6 is 0 Å². The number of methoxy groups -OCH3 is 2. The van der Waals surface area contributed by atoms with Crippen LogP contribution in [0.2, 0.25) is 0 Å². The molecule has 0 fully saturated rings. The molecule has 0 aliphatic carbocycles. The molecular formula is C19H24N2O5S. The summed E-state index contributed by atoms with van der Waals surface area (Å²) in [6.07, 6.45) is 1.56. The lowest BCUT2D eigenvalue weighted by Crippen LogP contribution is -2.38. The molecule has 2 aromatic carbocycles. The van der Waals surface area contributed by atoms with Gasteiger partial charge in [0.05, 0.1) is 27.0 Å². The smallest absolute Gasteiger partial charge is 0.239 e. The van der Waals surface area contributed by atoms with E-state index >= 15 is 0 Å². The number of amides is 1. The van der Waals surface area contributed by atoms with Crippen LogP contribution in [0.5, 0.6) is 11.5 Å². The molecule has 0 saturated carbocycles. The zero-order valence-electron chi connectivity index (χ0n) is 15.6. The Hall–Kier alpha value is -2.58. The van der Waals surface area contributed by atoms with Crippen molar-refractivity contribution in [1.29, 1.82) is 0 Å². The Labute approximate surface area is 160 Å². The van der Waals surface area contributed by atoms with Gasteiger partial charge in [0.25, 0.3) is 0 Å². The summed E-state index contributed by atoms with van der Waals surface area (Å²) >= 11 is 0. The van der Waals surface area contributed by atoms with Gasteiger partial charge in [0, 0.05) is 18.3 Å². The van der Waals surface area contributed by atoms with Crippen LogP contribution in [0.25, 0.3) is 0 Å². The molecule has 2 aromatic rings. The lowest BCUT2D eigenvalue weighted by Gasteiger charge is -2.19. The molecule has 7 nitrogen and oxygen atoms in total. The molecule has 8 heteroatoms. The van der Waals surface area contributed by atoms with Gasteiger partial charge in [-0.1, -0.05) is 18.2 Å². The maximum absolute atomic E-state index is 12.3. The SMILES string of the molecule is COc1cccc(CCN(CC(=O)Nc2cccc(OC)c2)S(C)(=O)=O)c1. The van der Waals surface area contributed by atoms with Crippen molar-refractivity contribution in [1.82, 2.24) is 4.31 Å². The monoisotopic (exact) mass is 392 g/mol. The maximum atomic E-state index is 12.3. The summed E-state index contributed by atoms with van der Waals surface area (Å²) in [6, 6.07) is 14.3. The number of hydrogen-bond acceptors (Lipinski definition) is 5. The fourth-order valence-electron chi connectivity index (χ4n) is 2.51. The zero-order chi connectivity index (χ0) is 19.9.